The summed E-state index contributed by atoms with van der Waals surface area (Å²) in [6, 6.07) is 14.7. The SMILES string of the molecule is C=CC(=O)Oc1ccccc1-c1ccc(N)cc1. The number of anilines is 1. The summed E-state index contributed by atoms with van der Waals surface area (Å²) in [7, 11) is 0. The lowest BCUT2D eigenvalue weighted by Gasteiger charge is -2.09. The van der Waals surface area contributed by atoms with Crippen LogP contribution in [-0.2, 0) is 4.79 Å². The van der Waals surface area contributed by atoms with Crippen molar-refractivity contribution in [2.45, 2.75) is 0 Å². The fourth-order valence-corrected chi connectivity index (χ4v) is 1.61. The van der Waals surface area contributed by atoms with E-state index in [2.05, 4.69) is 6.58 Å². The molecule has 0 spiro atoms. The molecule has 0 aliphatic rings. The van der Waals surface area contributed by atoms with Crippen LogP contribution in [0.25, 0.3) is 11.1 Å². The van der Waals surface area contributed by atoms with E-state index in [1.807, 2.05) is 30.3 Å². The number of nitrogen functional groups attached to an aromatic ring is 1. The number of nitrogens with two attached hydrogens (primary N) is 1. The van der Waals surface area contributed by atoms with Crippen LogP contribution in [0.2, 0.25) is 0 Å². The molecule has 0 bridgehead atoms. The third kappa shape index (κ3) is 2.58. The first kappa shape index (κ1) is 11.9. The monoisotopic (exact) mass is 239 g/mol. The number of carbonyl (C=O) groups excluding carboxylic acids is 1. The van der Waals surface area contributed by atoms with Crippen molar-refractivity contribution in [3.05, 3.63) is 61.2 Å². The van der Waals surface area contributed by atoms with Crippen LogP contribution in [0, 0.1) is 0 Å². The molecule has 0 aromatic heterocycles. The Kier molecular flexibility index (Phi) is 3.44. The molecule has 0 amide bonds. The van der Waals surface area contributed by atoms with Crippen LogP contribution in [0.15, 0.2) is 61.2 Å². The molecule has 18 heavy (non-hydrogen) atoms. The average Bonchev–Trinajstić information content (AvgIpc) is 2.40. The van der Waals surface area contributed by atoms with Gasteiger partial charge in [-0.15, -0.1) is 0 Å². The number of hydrogen-bond donors (Lipinski definition) is 1. The molecule has 3 nitrogen and oxygen atoms in total. The van der Waals surface area contributed by atoms with Crippen LogP contribution >= 0.6 is 0 Å². The van der Waals surface area contributed by atoms with Crippen molar-refractivity contribution in [2.75, 3.05) is 5.73 Å². The molecule has 0 radical (unpaired) electrons. The number of esters is 1. The van der Waals surface area contributed by atoms with E-state index in [1.54, 1.807) is 18.2 Å². The van der Waals surface area contributed by atoms with E-state index >= 15 is 0 Å². The van der Waals surface area contributed by atoms with Gasteiger partial charge in [0, 0.05) is 17.3 Å². The van der Waals surface area contributed by atoms with Crippen molar-refractivity contribution >= 4 is 11.7 Å². The molecule has 90 valence electrons. The zero-order chi connectivity index (χ0) is 13.0. The molecular formula is C15H13NO2. The van der Waals surface area contributed by atoms with E-state index in [-0.39, 0.29) is 0 Å². The first-order valence-electron chi connectivity index (χ1n) is 5.50. The highest BCUT2D eigenvalue weighted by molar-refractivity contribution is 5.85. The molecule has 2 aromatic carbocycles. The second-order valence-electron chi connectivity index (χ2n) is 3.74. The maximum absolute atomic E-state index is 11.3. The largest absolute Gasteiger partial charge is 0.423 e. The molecule has 0 unspecified atom stereocenters. The van der Waals surface area contributed by atoms with Crippen molar-refractivity contribution in [3.63, 3.8) is 0 Å². The van der Waals surface area contributed by atoms with E-state index in [0.717, 1.165) is 17.2 Å². The number of para-hydroxylation sites is 1. The second kappa shape index (κ2) is 5.19. The topological polar surface area (TPSA) is 52.3 Å². The highest BCUT2D eigenvalue weighted by Gasteiger charge is 2.07. The third-order valence-corrected chi connectivity index (χ3v) is 2.49. The summed E-state index contributed by atoms with van der Waals surface area (Å²) in [6.45, 7) is 3.38. The quantitative estimate of drug-likeness (QED) is 0.387. The Morgan fingerprint density at radius 2 is 1.78 bits per heavy atom. The number of hydrogen-bond acceptors (Lipinski definition) is 3. The summed E-state index contributed by atoms with van der Waals surface area (Å²) >= 11 is 0. The highest BCUT2D eigenvalue weighted by Crippen LogP contribution is 2.30. The van der Waals surface area contributed by atoms with Crippen LogP contribution in [0.4, 0.5) is 5.69 Å². The number of ether oxygens (including phenoxy) is 1. The lowest BCUT2D eigenvalue weighted by atomic mass is 10.0. The normalized spacial score (nSPS) is 9.78. The molecule has 0 saturated carbocycles. The maximum atomic E-state index is 11.3. The molecule has 0 fully saturated rings. The molecule has 3 heteroatoms. The van der Waals surface area contributed by atoms with Gasteiger partial charge in [0.1, 0.15) is 5.75 Å². The Morgan fingerprint density at radius 3 is 2.44 bits per heavy atom. The minimum Gasteiger partial charge on any atom is -0.423 e. The fourth-order valence-electron chi connectivity index (χ4n) is 1.61. The van der Waals surface area contributed by atoms with Crippen molar-refractivity contribution in [2.24, 2.45) is 0 Å². The summed E-state index contributed by atoms with van der Waals surface area (Å²) in [5, 5.41) is 0. The lowest BCUT2D eigenvalue weighted by Crippen LogP contribution is -2.04. The number of carbonyl (C=O) groups is 1. The van der Waals surface area contributed by atoms with Crippen LogP contribution in [-0.4, -0.2) is 5.97 Å². The Bertz CT molecular complexity index is 573. The molecule has 2 N–H and O–H groups in total. The van der Waals surface area contributed by atoms with Gasteiger partial charge in [-0.2, -0.15) is 0 Å². The van der Waals surface area contributed by atoms with Gasteiger partial charge in [0.15, 0.2) is 0 Å². The molecule has 0 saturated heterocycles. The predicted octanol–water partition coefficient (Wildman–Crippen LogP) is 3.03. The number of rotatable bonds is 3. The van der Waals surface area contributed by atoms with E-state index in [9.17, 15) is 4.79 Å². The van der Waals surface area contributed by atoms with Crippen LogP contribution < -0.4 is 10.5 Å². The van der Waals surface area contributed by atoms with Gasteiger partial charge in [0.05, 0.1) is 0 Å². The minimum atomic E-state index is -0.474. The molecule has 2 rings (SSSR count). The Balaban J connectivity index is 2.41. The van der Waals surface area contributed by atoms with Crippen molar-refractivity contribution in [3.8, 4) is 16.9 Å². The van der Waals surface area contributed by atoms with E-state index in [4.69, 9.17) is 10.5 Å². The van der Waals surface area contributed by atoms with Gasteiger partial charge in [-0.1, -0.05) is 36.9 Å². The molecular weight excluding hydrogens is 226 g/mol. The smallest absolute Gasteiger partial charge is 0.335 e. The van der Waals surface area contributed by atoms with E-state index < -0.39 is 5.97 Å². The Morgan fingerprint density at radius 1 is 1.11 bits per heavy atom. The van der Waals surface area contributed by atoms with Gasteiger partial charge < -0.3 is 10.5 Å². The summed E-state index contributed by atoms with van der Waals surface area (Å²) in [5.41, 5.74) is 8.12. The molecule has 0 atom stereocenters. The second-order valence-corrected chi connectivity index (χ2v) is 3.74. The van der Waals surface area contributed by atoms with Crippen molar-refractivity contribution < 1.29 is 9.53 Å². The van der Waals surface area contributed by atoms with Gasteiger partial charge in [-0.25, -0.2) is 4.79 Å². The van der Waals surface area contributed by atoms with Crippen LogP contribution in [0.1, 0.15) is 0 Å². The summed E-state index contributed by atoms with van der Waals surface area (Å²) in [6.07, 6.45) is 1.14. The van der Waals surface area contributed by atoms with Gasteiger partial charge in [0.25, 0.3) is 0 Å². The first-order chi connectivity index (χ1) is 8.70. The molecule has 2 aromatic rings. The molecule has 0 aliphatic heterocycles. The minimum absolute atomic E-state index is 0.474. The van der Waals surface area contributed by atoms with Crippen LogP contribution in [0.5, 0.6) is 5.75 Å². The summed E-state index contributed by atoms with van der Waals surface area (Å²) < 4.78 is 5.19. The van der Waals surface area contributed by atoms with E-state index in [0.29, 0.717) is 11.4 Å². The van der Waals surface area contributed by atoms with Crippen molar-refractivity contribution in [1.82, 2.24) is 0 Å². The van der Waals surface area contributed by atoms with Gasteiger partial charge in [-0.05, 0) is 23.8 Å². The zero-order valence-corrected chi connectivity index (χ0v) is 9.80. The van der Waals surface area contributed by atoms with Gasteiger partial charge in [0.2, 0.25) is 0 Å². The van der Waals surface area contributed by atoms with E-state index in [1.165, 1.54) is 0 Å². The molecule has 0 aliphatic carbocycles. The lowest BCUT2D eigenvalue weighted by molar-refractivity contribution is -0.128. The standard InChI is InChI=1S/C15H13NO2/c1-2-15(17)18-14-6-4-3-5-13(14)11-7-9-12(16)10-8-11/h2-10H,1,16H2. The average molecular weight is 239 g/mol. The highest BCUT2D eigenvalue weighted by atomic mass is 16.5. The van der Waals surface area contributed by atoms with Gasteiger partial charge >= 0.3 is 5.97 Å². The maximum Gasteiger partial charge on any atom is 0.335 e. The first-order valence-corrected chi connectivity index (χ1v) is 5.50. The third-order valence-electron chi connectivity index (χ3n) is 2.49. The Hall–Kier alpha value is -2.55. The summed E-state index contributed by atoms with van der Waals surface area (Å²) in [4.78, 5) is 11.3. The van der Waals surface area contributed by atoms with Gasteiger partial charge in [-0.3, -0.25) is 0 Å². The zero-order valence-electron chi connectivity index (χ0n) is 9.80. The fraction of sp³-hybridized carbons (Fsp3) is 0. The van der Waals surface area contributed by atoms with Crippen molar-refractivity contribution in [1.29, 1.82) is 0 Å². The predicted molar refractivity (Wildman–Crippen MR) is 72.1 cm³/mol. The summed E-state index contributed by atoms with van der Waals surface area (Å²) in [5.74, 6) is 0.0325. The number of benzene rings is 2. The van der Waals surface area contributed by atoms with Crippen LogP contribution in [0.3, 0.4) is 0 Å². The Labute approximate surface area is 106 Å². The molecule has 0 heterocycles.